The zero-order valence-electron chi connectivity index (χ0n) is 16.7. The van der Waals surface area contributed by atoms with Crippen LogP contribution in [-0.4, -0.2) is 49.4 Å². The molecule has 1 aromatic carbocycles. The van der Waals surface area contributed by atoms with Crippen molar-refractivity contribution < 1.29 is 9.59 Å². The molecule has 4 N–H and O–H groups in total. The highest BCUT2D eigenvalue weighted by molar-refractivity contribution is 5.96. The summed E-state index contributed by atoms with van der Waals surface area (Å²) in [4.78, 5) is 29.6. The molecule has 0 radical (unpaired) electrons. The molecule has 2 amide bonds. The van der Waals surface area contributed by atoms with Crippen molar-refractivity contribution in [3.63, 3.8) is 0 Å². The lowest BCUT2D eigenvalue weighted by Crippen LogP contribution is -2.41. The van der Waals surface area contributed by atoms with Crippen LogP contribution in [0, 0.1) is 5.41 Å². The van der Waals surface area contributed by atoms with Gasteiger partial charge in [-0.2, -0.15) is 0 Å². The Morgan fingerprint density at radius 1 is 1.11 bits per heavy atom. The van der Waals surface area contributed by atoms with Crippen LogP contribution in [-0.2, 0) is 11.3 Å². The van der Waals surface area contributed by atoms with Gasteiger partial charge in [-0.3, -0.25) is 14.6 Å². The number of amides is 2. The molecule has 1 aromatic rings. The van der Waals surface area contributed by atoms with Gasteiger partial charge in [0.15, 0.2) is 5.96 Å². The van der Waals surface area contributed by atoms with E-state index >= 15 is 0 Å². The third kappa shape index (κ3) is 5.03. The summed E-state index contributed by atoms with van der Waals surface area (Å²) in [5.74, 6) is 0.0900. The number of carbonyl (C=O) groups excluding carboxylic acids is 2. The Bertz CT molecular complexity index is 723. The number of guanidine groups is 1. The summed E-state index contributed by atoms with van der Waals surface area (Å²) in [6, 6.07) is 7.32. The van der Waals surface area contributed by atoms with Crippen LogP contribution in [0.1, 0.15) is 54.4 Å². The number of carbonyl (C=O) groups is 2. The van der Waals surface area contributed by atoms with Crippen molar-refractivity contribution in [3.05, 3.63) is 35.4 Å². The number of hydrogen-bond acceptors (Lipinski definition) is 3. The monoisotopic (exact) mass is 385 g/mol. The molecule has 2 fully saturated rings. The quantitative estimate of drug-likeness (QED) is 0.530. The lowest BCUT2D eigenvalue weighted by molar-refractivity contribution is -0.117. The molecule has 0 atom stereocenters. The number of aliphatic imine (C=N–C) groups is 1. The second kappa shape index (κ2) is 9.08. The van der Waals surface area contributed by atoms with Gasteiger partial charge < -0.3 is 21.3 Å². The van der Waals surface area contributed by atoms with Crippen molar-refractivity contribution in [1.29, 1.82) is 0 Å². The molecule has 0 unspecified atom stereocenters. The fourth-order valence-corrected chi connectivity index (χ4v) is 4.38. The molecule has 1 aliphatic carbocycles. The van der Waals surface area contributed by atoms with Gasteiger partial charge in [-0.1, -0.05) is 31.4 Å². The fraction of sp³-hybridized carbons (Fsp3) is 0.571. The van der Waals surface area contributed by atoms with E-state index in [1.54, 1.807) is 12.1 Å². The number of benzene rings is 1. The number of hydrogen-bond donors (Lipinski definition) is 3. The molecule has 0 bridgehead atoms. The Balaban J connectivity index is 1.51. The zero-order chi connectivity index (χ0) is 20.0. The first-order chi connectivity index (χ1) is 13.5. The van der Waals surface area contributed by atoms with Crippen LogP contribution in [0.3, 0.4) is 0 Å². The van der Waals surface area contributed by atoms with Crippen molar-refractivity contribution in [2.45, 2.75) is 45.1 Å². The summed E-state index contributed by atoms with van der Waals surface area (Å²) >= 11 is 0. The number of nitrogens with two attached hydrogens (primary N) is 1. The molecular weight excluding hydrogens is 354 g/mol. The molecular formula is C21H31N5O2. The van der Waals surface area contributed by atoms with Crippen LogP contribution in [0.5, 0.6) is 0 Å². The highest BCUT2D eigenvalue weighted by atomic mass is 16.2. The van der Waals surface area contributed by atoms with Gasteiger partial charge in [-0.25, -0.2) is 0 Å². The summed E-state index contributed by atoms with van der Waals surface area (Å²) in [6.45, 7) is 2.67. The van der Waals surface area contributed by atoms with Crippen LogP contribution < -0.4 is 16.4 Å². The minimum atomic E-state index is -0.558. The average Bonchev–Trinajstić information content (AvgIpc) is 3.10. The maximum absolute atomic E-state index is 11.9. The van der Waals surface area contributed by atoms with Gasteiger partial charge in [0.05, 0.1) is 6.54 Å². The topological polar surface area (TPSA) is 99.8 Å². The van der Waals surface area contributed by atoms with E-state index in [9.17, 15) is 9.59 Å². The minimum Gasteiger partial charge on any atom is -0.368 e. The maximum atomic E-state index is 11.9. The van der Waals surface area contributed by atoms with Gasteiger partial charge in [0.2, 0.25) is 5.91 Å². The van der Waals surface area contributed by atoms with E-state index in [0.29, 0.717) is 17.5 Å². The molecule has 1 aliphatic heterocycles. The van der Waals surface area contributed by atoms with Gasteiger partial charge in [0, 0.05) is 32.2 Å². The Morgan fingerprint density at radius 3 is 2.46 bits per heavy atom. The van der Waals surface area contributed by atoms with Crippen molar-refractivity contribution >= 4 is 17.8 Å². The SMILES string of the molecule is CN=C(NCc1ccc(C(=O)NCC(N)=O)cc1)N1CCC2(CCCCC2)C1. The van der Waals surface area contributed by atoms with Crippen molar-refractivity contribution in [2.24, 2.45) is 16.1 Å². The van der Waals surface area contributed by atoms with Crippen LogP contribution >= 0.6 is 0 Å². The Kier molecular flexibility index (Phi) is 6.54. The normalized spacial score (nSPS) is 18.9. The van der Waals surface area contributed by atoms with Gasteiger partial charge in [-0.15, -0.1) is 0 Å². The third-order valence-corrected chi connectivity index (χ3v) is 5.95. The van der Waals surface area contributed by atoms with Crippen LogP contribution in [0.25, 0.3) is 0 Å². The minimum absolute atomic E-state index is 0.157. The van der Waals surface area contributed by atoms with E-state index < -0.39 is 5.91 Å². The molecule has 0 aromatic heterocycles. The third-order valence-electron chi connectivity index (χ3n) is 5.95. The highest BCUT2D eigenvalue weighted by Gasteiger charge is 2.39. The number of nitrogens with one attached hydrogen (secondary N) is 2. The van der Waals surface area contributed by atoms with E-state index in [0.717, 1.165) is 24.6 Å². The predicted molar refractivity (Wildman–Crippen MR) is 110 cm³/mol. The highest BCUT2D eigenvalue weighted by Crippen LogP contribution is 2.43. The van der Waals surface area contributed by atoms with Crippen molar-refractivity contribution in [3.8, 4) is 0 Å². The maximum Gasteiger partial charge on any atom is 0.251 e. The van der Waals surface area contributed by atoms with E-state index in [1.165, 1.54) is 38.5 Å². The predicted octanol–water partition coefficient (Wildman–Crippen LogP) is 1.63. The summed E-state index contributed by atoms with van der Waals surface area (Å²) in [7, 11) is 1.83. The van der Waals surface area contributed by atoms with E-state index in [-0.39, 0.29) is 12.5 Å². The molecule has 1 saturated heterocycles. The van der Waals surface area contributed by atoms with Gasteiger partial charge in [0.25, 0.3) is 5.91 Å². The van der Waals surface area contributed by atoms with Crippen molar-refractivity contribution in [1.82, 2.24) is 15.5 Å². The molecule has 28 heavy (non-hydrogen) atoms. The Hall–Kier alpha value is -2.57. The molecule has 2 aliphatic rings. The summed E-state index contributed by atoms with van der Waals surface area (Å²) in [5.41, 5.74) is 7.12. The van der Waals surface area contributed by atoms with Gasteiger partial charge in [0.1, 0.15) is 0 Å². The molecule has 1 saturated carbocycles. The first-order valence-corrected chi connectivity index (χ1v) is 10.1. The smallest absolute Gasteiger partial charge is 0.251 e. The molecule has 152 valence electrons. The Labute approximate surface area is 166 Å². The first kappa shape index (κ1) is 20.2. The Morgan fingerprint density at radius 2 is 1.82 bits per heavy atom. The molecule has 7 heteroatoms. The van der Waals surface area contributed by atoms with E-state index in [2.05, 4.69) is 20.5 Å². The zero-order valence-corrected chi connectivity index (χ0v) is 16.7. The summed E-state index contributed by atoms with van der Waals surface area (Å²) < 4.78 is 0. The van der Waals surface area contributed by atoms with Crippen LogP contribution in [0.15, 0.2) is 29.3 Å². The average molecular weight is 386 g/mol. The standard InChI is InChI=1S/C21H31N5O2/c1-23-20(26-12-11-21(15-26)9-3-2-4-10-21)25-13-16-5-7-17(8-6-16)19(28)24-14-18(22)27/h5-8H,2-4,9-15H2,1H3,(H2,22,27)(H,23,25)(H,24,28). The lowest BCUT2D eigenvalue weighted by atomic mass is 9.73. The summed E-state index contributed by atoms with van der Waals surface area (Å²) in [6.07, 6.45) is 8.06. The number of rotatable bonds is 5. The number of primary amides is 1. The first-order valence-electron chi connectivity index (χ1n) is 10.1. The lowest BCUT2D eigenvalue weighted by Gasteiger charge is -2.33. The van der Waals surface area contributed by atoms with E-state index in [1.807, 2.05) is 19.2 Å². The van der Waals surface area contributed by atoms with E-state index in [4.69, 9.17) is 5.73 Å². The second-order valence-electron chi connectivity index (χ2n) is 7.98. The molecule has 1 spiro atoms. The molecule has 1 heterocycles. The van der Waals surface area contributed by atoms with Crippen LogP contribution in [0.2, 0.25) is 0 Å². The van der Waals surface area contributed by atoms with Crippen LogP contribution in [0.4, 0.5) is 0 Å². The van der Waals surface area contributed by atoms with Gasteiger partial charge >= 0.3 is 0 Å². The largest absolute Gasteiger partial charge is 0.368 e. The second-order valence-corrected chi connectivity index (χ2v) is 7.98. The fourth-order valence-electron chi connectivity index (χ4n) is 4.38. The van der Waals surface area contributed by atoms with Gasteiger partial charge in [-0.05, 0) is 42.4 Å². The molecule has 3 rings (SSSR count). The summed E-state index contributed by atoms with van der Waals surface area (Å²) in [5, 5.41) is 5.94. The number of nitrogens with zero attached hydrogens (tertiary/aromatic N) is 2. The molecule has 7 nitrogen and oxygen atoms in total. The number of likely N-dealkylation sites (tertiary alicyclic amines) is 1. The van der Waals surface area contributed by atoms with Crippen molar-refractivity contribution in [2.75, 3.05) is 26.7 Å².